The molecule has 122 valence electrons. The van der Waals surface area contributed by atoms with Crippen LogP contribution in [-0.4, -0.2) is 16.1 Å². The van der Waals surface area contributed by atoms with Crippen molar-refractivity contribution >= 4 is 5.69 Å². The van der Waals surface area contributed by atoms with Crippen molar-refractivity contribution in [3.8, 4) is 0 Å². The van der Waals surface area contributed by atoms with Crippen molar-refractivity contribution in [2.75, 3.05) is 11.4 Å². The molecule has 24 heavy (non-hydrogen) atoms. The highest BCUT2D eigenvalue weighted by Gasteiger charge is 2.25. The molecule has 1 aliphatic rings. The molecule has 0 amide bonds. The first-order valence-electron chi connectivity index (χ1n) is 8.72. The van der Waals surface area contributed by atoms with Gasteiger partial charge in [0.05, 0.1) is 6.54 Å². The molecule has 0 aliphatic heterocycles. The Bertz CT molecular complexity index is 760. The normalized spacial score (nSPS) is 13.8. The number of hydrogen-bond donors (Lipinski definition) is 0. The minimum Gasteiger partial charge on any atom is -0.364 e. The molecule has 1 aromatic heterocycles. The van der Waals surface area contributed by atoms with Gasteiger partial charge in [-0.25, -0.2) is 4.98 Å². The summed E-state index contributed by atoms with van der Waals surface area (Å²) in [6.07, 6.45) is 6.73. The second kappa shape index (κ2) is 6.91. The first-order valence-corrected chi connectivity index (χ1v) is 8.72. The van der Waals surface area contributed by atoms with Gasteiger partial charge < -0.3 is 9.47 Å². The fourth-order valence-electron chi connectivity index (χ4n) is 3.10. The molecule has 1 heterocycles. The molecule has 1 aliphatic carbocycles. The van der Waals surface area contributed by atoms with Crippen molar-refractivity contribution in [3.63, 3.8) is 0 Å². The molecule has 1 fully saturated rings. The predicted octanol–water partition coefficient (Wildman–Crippen LogP) is 4.35. The lowest BCUT2D eigenvalue weighted by Crippen LogP contribution is -2.27. The SMILES string of the molecule is c1ccc(Cn2ccnc2CN(CC2CC2)c2ccccc2)cc1. The third-order valence-electron chi connectivity index (χ3n) is 4.63. The van der Waals surface area contributed by atoms with E-state index in [2.05, 4.69) is 81.3 Å². The summed E-state index contributed by atoms with van der Waals surface area (Å²) >= 11 is 0. The molecule has 0 atom stereocenters. The molecule has 0 N–H and O–H groups in total. The maximum absolute atomic E-state index is 4.63. The Kier molecular flexibility index (Phi) is 4.32. The predicted molar refractivity (Wildman–Crippen MR) is 98.0 cm³/mol. The Hall–Kier alpha value is -2.55. The van der Waals surface area contributed by atoms with Crippen molar-refractivity contribution in [3.05, 3.63) is 84.4 Å². The van der Waals surface area contributed by atoms with Crippen molar-refractivity contribution < 1.29 is 0 Å². The first kappa shape index (κ1) is 15.0. The summed E-state index contributed by atoms with van der Waals surface area (Å²) in [5.41, 5.74) is 2.60. The largest absolute Gasteiger partial charge is 0.364 e. The van der Waals surface area contributed by atoms with Crippen LogP contribution in [-0.2, 0) is 13.1 Å². The Morgan fingerprint density at radius 3 is 2.38 bits per heavy atom. The Morgan fingerprint density at radius 2 is 1.67 bits per heavy atom. The first-order chi connectivity index (χ1) is 11.9. The van der Waals surface area contributed by atoms with Gasteiger partial charge in [-0.1, -0.05) is 48.5 Å². The van der Waals surface area contributed by atoms with Crippen LogP contribution in [0, 0.1) is 5.92 Å². The number of hydrogen-bond acceptors (Lipinski definition) is 2. The zero-order chi connectivity index (χ0) is 16.2. The van der Waals surface area contributed by atoms with Crippen LogP contribution in [0.4, 0.5) is 5.69 Å². The maximum atomic E-state index is 4.63. The zero-order valence-electron chi connectivity index (χ0n) is 13.9. The van der Waals surface area contributed by atoms with Gasteiger partial charge in [0.15, 0.2) is 0 Å². The second-order valence-electron chi connectivity index (χ2n) is 6.62. The average Bonchev–Trinajstić information content (AvgIpc) is 3.35. The summed E-state index contributed by atoms with van der Waals surface area (Å²) in [6, 6.07) is 21.3. The summed E-state index contributed by atoms with van der Waals surface area (Å²) < 4.78 is 2.26. The fourth-order valence-corrected chi connectivity index (χ4v) is 3.10. The van der Waals surface area contributed by atoms with Gasteiger partial charge in [0.25, 0.3) is 0 Å². The van der Waals surface area contributed by atoms with Crippen LogP contribution in [0.1, 0.15) is 24.2 Å². The molecule has 1 saturated carbocycles. The van der Waals surface area contributed by atoms with Crippen LogP contribution in [0.2, 0.25) is 0 Å². The van der Waals surface area contributed by atoms with Gasteiger partial charge in [-0.15, -0.1) is 0 Å². The van der Waals surface area contributed by atoms with Gasteiger partial charge in [0.1, 0.15) is 5.82 Å². The van der Waals surface area contributed by atoms with E-state index >= 15 is 0 Å². The number of para-hydroxylation sites is 1. The number of rotatable bonds is 7. The summed E-state index contributed by atoms with van der Waals surface area (Å²) in [5, 5.41) is 0. The third-order valence-corrected chi connectivity index (χ3v) is 4.63. The lowest BCUT2D eigenvalue weighted by atomic mass is 10.2. The van der Waals surface area contributed by atoms with E-state index in [0.717, 1.165) is 31.4 Å². The molecule has 0 bridgehead atoms. The van der Waals surface area contributed by atoms with E-state index in [1.807, 2.05) is 6.20 Å². The topological polar surface area (TPSA) is 21.1 Å². The highest BCUT2D eigenvalue weighted by molar-refractivity contribution is 5.46. The monoisotopic (exact) mass is 317 g/mol. The van der Waals surface area contributed by atoms with Gasteiger partial charge in [0.2, 0.25) is 0 Å². The van der Waals surface area contributed by atoms with E-state index < -0.39 is 0 Å². The van der Waals surface area contributed by atoms with Crippen LogP contribution in [0.3, 0.4) is 0 Å². The van der Waals surface area contributed by atoms with Crippen LogP contribution >= 0.6 is 0 Å². The number of benzene rings is 2. The number of nitrogens with zero attached hydrogens (tertiary/aromatic N) is 3. The van der Waals surface area contributed by atoms with Gasteiger partial charge in [0, 0.05) is 31.2 Å². The van der Waals surface area contributed by atoms with Gasteiger partial charge in [-0.2, -0.15) is 0 Å². The Labute approximate surface area is 143 Å². The van der Waals surface area contributed by atoms with E-state index in [0.29, 0.717) is 0 Å². The molecule has 0 unspecified atom stereocenters. The summed E-state index contributed by atoms with van der Waals surface area (Å²) in [7, 11) is 0. The van der Waals surface area contributed by atoms with Gasteiger partial charge >= 0.3 is 0 Å². The van der Waals surface area contributed by atoms with Crippen LogP contribution < -0.4 is 4.90 Å². The molecule has 0 saturated heterocycles. The summed E-state index contributed by atoms with van der Waals surface area (Å²) in [5.74, 6) is 1.98. The zero-order valence-corrected chi connectivity index (χ0v) is 13.9. The van der Waals surface area contributed by atoms with Crippen LogP contribution in [0.15, 0.2) is 73.1 Å². The van der Waals surface area contributed by atoms with E-state index in [1.54, 1.807) is 0 Å². The molecule has 3 aromatic rings. The van der Waals surface area contributed by atoms with Gasteiger partial charge in [-0.05, 0) is 36.5 Å². The summed E-state index contributed by atoms with van der Waals surface area (Å²) in [4.78, 5) is 7.10. The van der Waals surface area contributed by atoms with E-state index in [4.69, 9.17) is 0 Å². The molecule has 3 nitrogen and oxygen atoms in total. The molecular weight excluding hydrogens is 294 g/mol. The Balaban J connectivity index is 1.53. The highest BCUT2D eigenvalue weighted by atomic mass is 15.2. The van der Waals surface area contributed by atoms with Crippen molar-refractivity contribution in [2.24, 2.45) is 5.92 Å². The number of aromatic nitrogens is 2. The highest BCUT2D eigenvalue weighted by Crippen LogP contribution is 2.32. The minimum absolute atomic E-state index is 0.850. The van der Waals surface area contributed by atoms with Crippen molar-refractivity contribution in [1.29, 1.82) is 0 Å². The quantitative estimate of drug-likeness (QED) is 0.646. The molecule has 2 aromatic carbocycles. The lowest BCUT2D eigenvalue weighted by Gasteiger charge is -2.25. The average molecular weight is 317 g/mol. The molecule has 3 heteroatoms. The van der Waals surface area contributed by atoms with Crippen LogP contribution in [0.25, 0.3) is 0 Å². The lowest BCUT2D eigenvalue weighted by molar-refractivity contribution is 0.657. The van der Waals surface area contributed by atoms with Crippen molar-refractivity contribution in [2.45, 2.75) is 25.9 Å². The number of imidazole rings is 1. The molecule has 4 rings (SSSR count). The smallest absolute Gasteiger partial charge is 0.128 e. The molecular formula is C21H23N3. The molecule has 0 spiro atoms. The van der Waals surface area contributed by atoms with Crippen molar-refractivity contribution in [1.82, 2.24) is 9.55 Å². The van der Waals surface area contributed by atoms with Gasteiger partial charge in [-0.3, -0.25) is 0 Å². The van der Waals surface area contributed by atoms with Crippen LogP contribution in [0.5, 0.6) is 0 Å². The standard InChI is InChI=1S/C21H23N3/c1-3-7-18(8-4-1)15-23-14-13-22-21(23)17-24(16-19-11-12-19)20-9-5-2-6-10-20/h1-10,13-14,19H,11-12,15-17H2. The van der Waals surface area contributed by atoms with E-state index in [1.165, 1.54) is 24.1 Å². The number of anilines is 1. The fraction of sp³-hybridized carbons (Fsp3) is 0.286. The summed E-state index contributed by atoms with van der Waals surface area (Å²) in [6.45, 7) is 2.87. The Morgan fingerprint density at radius 1 is 0.958 bits per heavy atom. The van der Waals surface area contributed by atoms with E-state index in [-0.39, 0.29) is 0 Å². The van der Waals surface area contributed by atoms with E-state index in [9.17, 15) is 0 Å². The minimum atomic E-state index is 0.850. The molecule has 0 radical (unpaired) electrons. The second-order valence-corrected chi connectivity index (χ2v) is 6.62. The third kappa shape index (κ3) is 3.67. The maximum Gasteiger partial charge on any atom is 0.128 e.